The highest BCUT2D eigenvalue weighted by Crippen LogP contribution is 2.41. The maximum absolute atomic E-state index is 13.7. The van der Waals surface area contributed by atoms with Crippen molar-refractivity contribution < 1.29 is 19.4 Å². The third kappa shape index (κ3) is 5.89. The van der Waals surface area contributed by atoms with E-state index in [1.165, 1.54) is 33.8 Å². The lowest BCUT2D eigenvalue weighted by Gasteiger charge is -2.35. The average molecular weight is 635 g/mol. The molecule has 0 aliphatic heterocycles. The largest absolute Gasteiger partial charge is 0.460 e. The number of carbonyl (C=O) groups is 2. The smallest absolute Gasteiger partial charge is 0.349 e. The maximum atomic E-state index is 13.7. The van der Waals surface area contributed by atoms with Crippen LogP contribution in [0, 0.1) is 0 Å². The van der Waals surface area contributed by atoms with Crippen LogP contribution < -0.4 is 0 Å². The van der Waals surface area contributed by atoms with Gasteiger partial charge in [-0.05, 0) is 111 Å². The fourth-order valence-electron chi connectivity index (χ4n) is 6.79. The van der Waals surface area contributed by atoms with Gasteiger partial charge in [-0.15, -0.1) is 27.8 Å². The molecule has 234 valence electrons. The normalized spacial score (nSPS) is 20.1. The molecule has 3 aromatic heterocycles. The van der Waals surface area contributed by atoms with Crippen molar-refractivity contribution in [3.05, 3.63) is 67.0 Å². The topological polar surface area (TPSA) is 97.5 Å². The van der Waals surface area contributed by atoms with Gasteiger partial charge >= 0.3 is 5.97 Å². The molecule has 0 bridgehead atoms. The first kappa shape index (κ1) is 31.1. The number of aldehydes is 1. The van der Waals surface area contributed by atoms with E-state index in [2.05, 4.69) is 43.0 Å². The number of hydrogen-bond donors (Lipinski definition) is 1. The molecule has 1 aromatic carbocycles. The molecule has 0 radical (unpaired) electrons. The summed E-state index contributed by atoms with van der Waals surface area (Å²) in [4.78, 5) is 30.0. The van der Waals surface area contributed by atoms with E-state index >= 15 is 0 Å². The Labute approximate surface area is 267 Å². The minimum Gasteiger partial charge on any atom is -0.460 e. The molecule has 0 spiro atoms. The Kier molecular flexibility index (Phi) is 8.80. The van der Waals surface area contributed by atoms with Gasteiger partial charge in [0.05, 0.1) is 15.3 Å². The van der Waals surface area contributed by atoms with Crippen LogP contribution in [0.5, 0.6) is 0 Å². The van der Waals surface area contributed by atoms with Gasteiger partial charge in [0.25, 0.3) is 0 Å². The van der Waals surface area contributed by atoms with Crippen molar-refractivity contribution >= 4 is 46.0 Å². The van der Waals surface area contributed by atoms with Crippen LogP contribution in [0.1, 0.15) is 95.4 Å². The van der Waals surface area contributed by atoms with Crippen LogP contribution in [-0.2, 0) is 39.9 Å². The molecule has 3 heterocycles. The quantitative estimate of drug-likeness (QED) is 0.162. The molecule has 0 unspecified atom stereocenters. The number of aromatic nitrogens is 3. The minimum absolute atomic E-state index is 0.0716. The monoisotopic (exact) mass is 634 g/mol. The van der Waals surface area contributed by atoms with E-state index in [0.29, 0.717) is 15.8 Å². The predicted octanol–water partition coefficient (Wildman–Crippen LogP) is 6.27. The third-order valence-corrected chi connectivity index (χ3v) is 11.9. The number of ether oxygens (including phenoxy) is 1. The lowest BCUT2D eigenvalue weighted by Crippen LogP contribution is -2.42. The molecule has 6 rings (SSSR count). The summed E-state index contributed by atoms with van der Waals surface area (Å²) in [7, 11) is 2.17. The summed E-state index contributed by atoms with van der Waals surface area (Å²) in [5.41, 5.74) is 3.21. The SMILES string of the molecule is CN(CCCn1nnc2cc(C=O)c3c(c21)CCC3)[C@H]1CC[C@H](OC(=O)[C@@](O)(c2cccs2)c2ccc(C(C)(C)C)s2)CC1. The second-order valence-electron chi connectivity index (χ2n) is 13.3. The number of aryl methyl sites for hydroxylation is 2. The molecule has 8 nitrogen and oxygen atoms in total. The lowest BCUT2D eigenvalue weighted by atomic mass is 9.91. The summed E-state index contributed by atoms with van der Waals surface area (Å²) < 4.78 is 8.07. The van der Waals surface area contributed by atoms with Crippen LogP contribution in [0.25, 0.3) is 11.0 Å². The van der Waals surface area contributed by atoms with Gasteiger partial charge in [-0.2, -0.15) is 0 Å². The summed E-state index contributed by atoms with van der Waals surface area (Å²) in [6, 6.07) is 9.85. The van der Waals surface area contributed by atoms with Gasteiger partial charge in [0.1, 0.15) is 17.9 Å². The van der Waals surface area contributed by atoms with Crippen molar-refractivity contribution in [1.82, 2.24) is 19.9 Å². The molecule has 0 amide bonds. The van der Waals surface area contributed by atoms with E-state index < -0.39 is 11.6 Å². The van der Waals surface area contributed by atoms with Crippen molar-refractivity contribution in [2.24, 2.45) is 0 Å². The van der Waals surface area contributed by atoms with E-state index in [1.807, 2.05) is 40.4 Å². The number of rotatable bonds is 10. The first-order valence-electron chi connectivity index (χ1n) is 15.7. The second kappa shape index (κ2) is 12.5. The molecule has 2 aliphatic carbocycles. The van der Waals surface area contributed by atoms with Gasteiger partial charge < -0.3 is 14.7 Å². The molecule has 2 aliphatic rings. The van der Waals surface area contributed by atoms with Gasteiger partial charge in [0.15, 0.2) is 0 Å². The van der Waals surface area contributed by atoms with Crippen molar-refractivity contribution in [2.45, 2.75) is 102 Å². The number of hydrogen-bond acceptors (Lipinski definition) is 9. The predicted molar refractivity (Wildman–Crippen MR) is 175 cm³/mol. The zero-order chi connectivity index (χ0) is 31.1. The Morgan fingerprint density at radius 1 is 1.11 bits per heavy atom. The molecule has 1 fully saturated rings. The van der Waals surface area contributed by atoms with Crippen LogP contribution in [0.15, 0.2) is 35.7 Å². The summed E-state index contributed by atoms with van der Waals surface area (Å²) in [6.07, 6.45) is 8.11. The molecular formula is C34H42N4O4S2. The van der Waals surface area contributed by atoms with Gasteiger partial charge in [0.2, 0.25) is 5.60 Å². The summed E-state index contributed by atoms with van der Waals surface area (Å²) in [5.74, 6) is -0.578. The van der Waals surface area contributed by atoms with Gasteiger partial charge in [-0.25, -0.2) is 9.48 Å². The number of esters is 1. The highest BCUT2D eigenvalue weighted by molar-refractivity contribution is 7.13. The molecule has 4 aromatic rings. The fourth-order valence-corrected chi connectivity index (χ4v) is 8.83. The minimum atomic E-state index is -1.80. The second-order valence-corrected chi connectivity index (χ2v) is 15.4. The number of nitrogens with zero attached hydrogens (tertiary/aromatic N) is 4. The van der Waals surface area contributed by atoms with Gasteiger partial charge in [-0.3, -0.25) is 4.79 Å². The number of aliphatic hydroxyl groups is 1. The van der Waals surface area contributed by atoms with Crippen molar-refractivity contribution in [1.29, 1.82) is 0 Å². The van der Waals surface area contributed by atoms with Crippen molar-refractivity contribution in [3.8, 4) is 0 Å². The highest BCUT2D eigenvalue weighted by atomic mass is 32.1. The van der Waals surface area contributed by atoms with Crippen LogP contribution in [0.4, 0.5) is 0 Å². The Bertz CT molecular complexity index is 1630. The van der Waals surface area contributed by atoms with E-state index in [4.69, 9.17) is 4.74 Å². The number of carbonyl (C=O) groups excluding carboxylic acids is 2. The van der Waals surface area contributed by atoms with Crippen LogP contribution in [-0.4, -0.2) is 63.0 Å². The standard InChI is InChI=1S/C34H42N4O4S2/c1-33(2,3)28-15-16-30(44-28)34(41,29-10-6-19-43-29)32(40)42-24-13-11-23(12-14-24)37(4)17-7-18-38-31-26-9-5-8-25(26)22(21-39)20-27(31)35-36-38/h6,10,15-16,19-21,23-24,41H,5,7-9,11-14,17-18H2,1-4H3/t23-,24-,34-/m1/s1. The van der Waals surface area contributed by atoms with Gasteiger partial charge in [0, 0.05) is 23.0 Å². The Morgan fingerprint density at radius 2 is 1.86 bits per heavy atom. The number of thiophene rings is 2. The van der Waals surface area contributed by atoms with Crippen molar-refractivity contribution in [2.75, 3.05) is 13.6 Å². The van der Waals surface area contributed by atoms with Crippen LogP contribution in [0.3, 0.4) is 0 Å². The molecular weight excluding hydrogens is 593 g/mol. The first-order valence-corrected chi connectivity index (χ1v) is 17.4. The zero-order valence-corrected chi connectivity index (χ0v) is 27.7. The third-order valence-electron chi connectivity index (χ3n) is 9.33. The lowest BCUT2D eigenvalue weighted by molar-refractivity contribution is -0.169. The molecule has 1 atom stereocenters. The van der Waals surface area contributed by atoms with E-state index in [-0.39, 0.29) is 11.5 Å². The van der Waals surface area contributed by atoms with Crippen LogP contribution >= 0.6 is 22.7 Å². The summed E-state index contributed by atoms with van der Waals surface area (Å²) in [5, 5.41) is 22.6. The Morgan fingerprint density at radius 3 is 2.55 bits per heavy atom. The average Bonchev–Trinajstić information content (AvgIpc) is 3.83. The highest BCUT2D eigenvalue weighted by Gasteiger charge is 2.45. The first-order chi connectivity index (χ1) is 21.1. The Hall–Kier alpha value is -2.92. The van der Waals surface area contributed by atoms with Crippen LogP contribution in [0.2, 0.25) is 0 Å². The molecule has 0 saturated heterocycles. The van der Waals surface area contributed by atoms with Gasteiger partial charge in [-0.1, -0.05) is 32.1 Å². The zero-order valence-electron chi connectivity index (χ0n) is 26.0. The number of benzene rings is 1. The molecule has 1 saturated carbocycles. The molecule has 10 heteroatoms. The van der Waals surface area contributed by atoms with E-state index in [0.717, 1.165) is 92.2 Å². The fraction of sp³-hybridized carbons (Fsp3) is 0.529. The molecule has 1 N–H and O–H groups in total. The molecule has 44 heavy (non-hydrogen) atoms. The Balaban J connectivity index is 1.04. The number of fused-ring (bicyclic) bond motifs is 3. The van der Waals surface area contributed by atoms with Crippen molar-refractivity contribution in [3.63, 3.8) is 0 Å². The maximum Gasteiger partial charge on any atom is 0.349 e. The summed E-state index contributed by atoms with van der Waals surface area (Å²) in [6.45, 7) is 8.11. The van der Waals surface area contributed by atoms with E-state index in [9.17, 15) is 14.7 Å². The van der Waals surface area contributed by atoms with E-state index in [1.54, 1.807) is 0 Å². The summed E-state index contributed by atoms with van der Waals surface area (Å²) >= 11 is 2.85.